The zero-order valence-corrected chi connectivity index (χ0v) is 17.1. The van der Waals surface area contributed by atoms with Crippen LogP contribution in [0.25, 0.3) is 0 Å². The molecule has 2 aromatic carbocycles. The molecule has 0 bridgehead atoms. The summed E-state index contributed by atoms with van der Waals surface area (Å²) in [6, 6.07) is 15.3. The van der Waals surface area contributed by atoms with Gasteiger partial charge in [0.05, 0.1) is 12.4 Å². The molecule has 0 radical (unpaired) electrons. The molecule has 2 amide bonds. The fraction of sp³-hybridized carbons (Fsp3) is 0.238. The summed E-state index contributed by atoms with van der Waals surface area (Å²) in [4.78, 5) is 27.5. The zero-order valence-electron chi connectivity index (χ0n) is 17.1. The Morgan fingerprint density at radius 1 is 0.724 bits per heavy atom. The number of carbonyl (C=O) groups is 2. The Morgan fingerprint density at radius 2 is 1.07 bits per heavy atom. The van der Waals surface area contributed by atoms with Gasteiger partial charge in [0.1, 0.15) is 6.42 Å². The lowest BCUT2D eigenvalue weighted by molar-refractivity contribution is -0.129. The van der Waals surface area contributed by atoms with Gasteiger partial charge in [-0.15, -0.1) is 0 Å². The predicted molar refractivity (Wildman–Crippen MR) is 118 cm³/mol. The summed E-state index contributed by atoms with van der Waals surface area (Å²) in [6.45, 7) is 0. The van der Waals surface area contributed by atoms with Crippen LogP contribution in [0, 0.1) is 0 Å². The van der Waals surface area contributed by atoms with Crippen molar-refractivity contribution in [3.05, 3.63) is 59.7 Å². The van der Waals surface area contributed by atoms with E-state index in [4.69, 9.17) is 0 Å². The van der Waals surface area contributed by atoms with Crippen LogP contribution in [0.5, 0.6) is 0 Å². The monoisotopic (exact) mass is 394 g/mol. The first-order chi connectivity index (χ1) is 13.8. The fourth-order valence-corrected chi connectivity index (χ4v) is 2.30. The summed E-state index contributed by atoms with van der Waals surface area (Å²) in [7, 11) is 7.83. The highest BCUT2D eigenvalue weighted by atomic mass is 16.2. The van der Waals surface area contributed by atoms with Crippen molar-refractivity contribution in [2.75, 3.05) is 38.0 Å². The molecule has 152 valence electrons. The minimum atomic E-state index is -0.519. The van der Waals surface area contributed by atoms with E-state index in [1.807, 2.05) is 86.5 Å². The maximum absolute atomic E-state index is 11.8. The van der Waals surface area contributed by atoms with Crippen LogP contribution in [0.1, 0.15) is 17.5 Å². The van der Waals surface area contributed by atoms with Gasteiger partial charge in [-0.2, -0.15) is 10.2 Å². The zero-order chi connectivity index (χ0) is 21.2. The van der Waals surface area contributed by atoms with Crippen molar-refractivity contribution in [1.29, 1.82) is 0 Å². The molecule has 0 unspecified atom stereocenters. The molecular weight excluding hydrogens is 368 g/mol. The molecular formula is C21H26N6O2. The van der Waals surface area contributed by atoms with E-state index in [1.165, 1.54) is 12.4 Å². The van der Waals surface area contributed by atoms with Crippen molar-refractivity contribution in [3.8, 4) is 0 Å². The van der Waals surface area contributed by atoms with Gasteiger partial charge in [0.25, 0.3) is 0 Å². The van der Waals surface area contributed by atoms with E-state index in [2.05, 4.69) is 21.1 Å². The van der Waals surface area contributed by atoms with Crippen LogP contribution in [0.3, 0.4) is 0 Å². The number of hydrogen-bond donors (Lipinski definition) is 2. The van der Waals surface area contributed by atoms with Crippen LogP contribution >= 0.6 is 0 Å². The average molecular weight is 394 g/mol. The second kappa shape index (κ2) is 10.6. The van der Waals surface area contributed by atoms with Gasteiger partial charge >= 0.3 is 0 Å². The van der Waals surface area contributed by atoms with Gasteiger partial charge in [0.15, 0.2) is 0 Å². The molecule has 0 aliphatic heterocycles. The van der Waals surface area contributed by atoms with Crippen molar-refractivity contribution in [3.63, 3.8) is 0 Å². The van der Waals surface area contributed by atoms with Gasteiger partial charge in [-0.3, -0.25) is 9.59 Å². The third kappa shape index (κ3) is 7.45. The maximum Gasteiger partial charge on any atom is 0.249 e. The third-order valence-corrected chi connectivity index (χ3v) is 3.95. The molecule has 8 nitrogen and oxygen atoms in total. The standard InChI is InChI=1S/C21H26N6O2/c1-26(2)18-9-5-16(6-10-18)14-22-24-20(28)13-21(29)25-23-15-17-7-11-19(12-8-17)27(3)4/h5-12,14-15H,13H2,1-4H3,(H,24,28)(H,25,29). The molecule has 0 fully saturated rings. The molecule has 8 heteroatoms. The molecule has 0 saturated heterocycles. The van der Waals surface area contributed by atoms with Crippen molar-refractivity contribution in [2.45, 2.75) is 6.42 Å². The Morgan fingerprint density at radius 3 is 1.38 bits per heavy atom. The largest absolute Gasteiger partial charge is 0.378 e. The molecule has 0 heterocycles. The summed E-state index contributed by atoms with van der Waals surface area (Å²) in [5.74, 6) is -1.04. The van der Waals surface area contributed by atoms with E-state index < -0.39 is 11.8 Å². The molecule has 0 atom stereocenters. The topological polar surface area (TPSA) is 89.4 Å². The number of nitrogens with zero attached hydrogens (tertiary/aromatic N) is 4. The first kappa shape index (κ1) is 21.6. The number of hydrogen-bond acceptors (Lipinski definition) is 6. The summed E-state index contributed by atoms with van der Waals surface area (Å²) < 4.78 is 0. The van der Waals surface area contributed by atoms with Gasteiger partial charge in [0, 0.05) is 39.6 Å². The number of nitrogens with one attached hydrogen (secondary N) is 2. The first-order valence-electron chi connectivity index (χ1n) is 9.04. The molecule has 0 aliphatic rings. The van der Waals surface area contributed by atoms with Crippen LogP contribution < -0.4 is 20.7 Å². The van der Waals surface area contributed by atoms with Gasteiger partial charge in [0.2, 0.25) is 11.8 Å². The molecule has 29 heavy (non-hydrogen) atoms. The van der Waals surface area contributed by atoms with Crippen LogP contribution in [0.15, 0.2) is 58.7 Å². The lowest BCUT2D eigenvalue weighted by atomic mass is 10.2. The highest BCUT2D eigenvalue weighted by Gasteiger charge is 2.07. The van der Waals surface area contributed by atoms with Crippen LogP contribution in [0.2, 0.25) is 0 Å². The number of amides is 2. The molecule has 2 N–H and O–H groups in total. The van der Waals surface area contributed by atoms with E-state index in [0.29, 0.717) is 0 Å². The van der Waals surface area contributed by atoms with Crippen LogP contribution in [-0.4, -0.2) is 52.4 Å². The highest BCUT2D eigenvalue weighted by molar-refractivity contribution is 5.97. The molecule has 0 aromatic heterocycles. The van der Waals surface area contributed by atoms with E-state index in [9.17, 15) is 9.59 Å². The summed E-state index contributed by atoms with van der Waals surface area (Å²) in [6.07, 6.45) is 2.67. The minimum Gasteiger partial charge on any atom is -0.378 e. The number of anilines is 2. The van der Waals surface area contributed by atoms with Crippen LogP contribution in [0.4, 0.5) is 11.4 Å². The van der Waals surface area contributed by atoms with Crippen molar-refractivity contribution in [1.82, 2.24) is 10.9 Å². The molecule has 0 aliphatic carbocycles. The predicted octanol–water partition coefficient (Wildman–Crippen LogP) is 1.81. The number of benzene rings is 2. The fourth-order valence-electron chi connectivity index (χ4n) is 2.30. The number of hydrazone groups is 2. The third-order valence-electron chi connectivity index (χ3n) is 3.95. The lowest BCUT2D eigenvalue weighted by Gasteiger charge is -2.11. The number of carbonyl (C=O) groups excluding carboxylic acids is 2. The number of rotatable bonds is 8. The van der Waals surface area contributed by atoms with E-state index in [1.54, 1.807) is 0 Å². The van der Waals surface area contributed by atoms with Crippen molar-refractivity contribution in [2.24, 2.45) is 10.2 Å². The molecule has 0 spiro atoms. The molecule has 2 rings (SSSR count). The Balaban J connectivity index is 1.74. The summed E-state index contributed by atoms with van der Waals surface area (Å²) in [5, 5.41) is 7.72. The van der Waals surface area contributed by atoms with Crippen molar-refractivity contribution < 1.29 is 9.59 Å². The summed E-state index contributed by atoms with van der Waals surface area (Å²) >= 11 is 0. The maximum atomic E-state index is 11.8. The Bertz CT molecular complexity index is 798. The molecule has 2 aromatic rings. The SMILES string of the molecule is CN(C)c1ccc(C=NNC(=O)CC(=O)NN=Cc2ccc(N(C)C)cc2)cc1. The van der Waals surface area contributed by atoms with E-state index in [-0.39, 0.29) is 6.42 Å². The van der Waals surface area contributed by atoms with E-state index >= 15 is 0 Å². The lowest BCUT2D eigenvalue weighted by Crippen LogP contribution is -2.27. The highest BCUT2D eigenvalue weighted by Crippen LogP contribution is 2.11. The van der Waals surface area contributed by atoms with Gasteiger partial charge in [-0.05, 0) is 35.4 Å². The quantitative estimate of drug-likeness (QED) is 0.406. The average Bonchev–Trinajstić information content (AvgIpc) is 2.68. The smallest absolute Gasteiger partial charge is 0.249 e. The van der Waals surface area contributed by atoms with Crippen molar-refractivity contribution >= 4 is 35.6 Å². The Hall–Kier alpha value is -3.68. The van der Waals surface area contributed by atoms with E-state index in [0.717, 1.165) is 22.5 Å². The van der Waals surface area contributed by atoms with Gasteiger partial charge in [-0.25, -0.2) is 10.9 Å². The van der Waals surface area contributed by atoms with Gasteiger partial charge in [-0.1, -0.05) is 24.3 Å². The Kier molecular flexibility index (Phi) is 7.90. The Labute approximate surface area is 170 Å². The molecule has 0 saturated carbocycles. The summed E-state index contributed by atoms with van der Waals surface area (Å²) in [5.41, 5.74) is 8.46. The van der Waals surface area contributed by atoms with Crippen LogP contribution in [-0.2, 0) is 9.59 Å². The second-order valence-corrected chi connectivity index (χ2v) is 6.74. The first-order valence-corrected chi connectivity index (χ1v) is 9.04. The second-order valence-electron chi connectivity index (χ2n) is 6.74. The normalized spacial score (nSPS) is 10.9. The van der Waals surface area contributed by atoms with Gasteiger partial charge < -0.3 is 9.80 Å². The minimum absolute atomic E-state index is 0.367.